The van der Waals surface area contributed by atoms with Crippen LogP contribution in [0, 0.1) is 17.2 Å². The Balaban J connectivity index is 1.69. The quantitative estimate of drug-likeness (QED) is 0.749. The number of nitrogens with zero attached hydrogens (tertiary/aromatic N) is 2. The Bertz CT molecular complexity index is 312. The largest absolute Gasteiger partial charge is 0.314 e. The first kappa shape index (κ1) is 14.8. The van der Waals surface area contributed by atoms with Crippen molar-refractivity contribution in [2.45, 2.75) is 76.3 Å². The van der Waals surface area contributed by atoms with Crippen LogP contribution in [-0.4, -0.2) is 29.6 Å². The summed E-state index contributed by atoms with van der Waals surface area (Å²) < 4.78 is 0. The highest BCUT2D eigenvalue weighted by atomic mass is 15.2. The standard InChI is InChI=1S/C16H29N3/c1-16(18,13-17)10-4-5-11-19-12-6-9-15(19)14-7-2-3-8-14/h14-15H,2-12,18H2,1H3. The molecule has 108 valence electrons. The van der Waals surface area contributed by atoms with Gasteiger partial charge < -0.3 is 10.6 Å². The Morgan fingerprint density at radius 2 is 1.95 bits per heavy atom. The van der Waals surface area contributed by atoms with Gasteiger partial charge in [0.25, 0.3) is 0 Å². The van der Waals surface area contributed by atoms with Gasteiger partial charge in [-0.05, 0) is 70.9 Å². The van der Waals surface area contributed by atoms with Crippen LogP contribution in [0.3, 0.4) is 0 Å². The van der Waals surface area contributed by atoms with Crippen LogP contribution in [0.15, 0.2) is 0 Å². The molecule has 0 amide bonds. The Hall–Kier alpha value is -0.590. The van der Waals surface area contributed by atoms with Crippen LogP contribution in [0.4, 0.5) is 0 Å². The van der Waals surface area contributed by atoms with Crippen molar-refractivity contribution < 1.29 is 0 Å². The van der Waals surface area contributed by atoms with Gasteiger partial charge in [0.05, 0.1) is 6.07 Å². The lowest BCUT2D eigenvalue weighted by Crippen LogP contribution is -2.36. The van der Waals surface area contributed by atoms with E-state index in [-0.39, 0.29) is 0 Å². The molecular formula is C16H29N3. The molecule has 19 heavy (non-hydrogen) atoms. The lowest BCUT2D eigenvalue weighted by molar-refractivity contribution is 0.186. The molecule has 3 heteroatoms. The molecule has 2 rings (SSSR count). The van der Waals surface area contributed by atoms with Gasteiger partial charge in [0.2, 0.25) is 0 Å². The molecule has 0 aromatic rings. The number of unbranched alkanes of at least 4 members (excludes halogenated alkanes) is 1. The topological polar surface area (TPSA) is 53.1 Å². The third-order valence-electron chi connectivity index (χ3n) is 5.01. The molecule has 2 atom stereocenters. The van der Waals surface area contributed by atoms with Crippen LogP contribution in [0.2, 0.25) is 0 Å². The smallest absolute Gasteiger partial charge is 0.101 e. The molecule has 0 bridgehead atoms. The first-order valence-electron chi connectivity index (χ1n) is 8.06. The van der Waals surface area contributed by atoms with Gasteiger partial charge in [-0.15, -0.1) is 0 Å². The average Bonchev–Trinajstić information content (AvgIpc) is 3.05. The van der Waals surface area contributed by atoms with Gasteiger partial charge in [0, 0.05) is 6.04 Å². The molecule has 1 heterocycles. The van der Waals surface area contributed by atoms with E-state index >= 15 is 0 Å². The molecule has 1 aliphatic carbocycles. The highest BCUT2D eigenvalue weighted by Crippen LogP contribution is 2.35. The zero-order valence-corrected chi connectivity index (χ0v) is 12.4. The molecular weight excluding hydrogens is 234 g/mol. The van der Waals surface area contributed by atoms with Gasteiger partial charge in [-0.25, -0.2) is 0 Å². The van der Waals surface area contributed by atoms with Crippen LogP contribution in [0.25, 0.3) is 0 Å². The molecule has 2 unspecified atom stereocenters. The lowest BCUT2D eigenvalue weighted by atomic mass is 9.95. The van der Waals surface area contributed by atoms with Gasteiger partial charge in [-0.2, -0.15) is 5.26 Å². The van der Waals surface area contributed by atoms with E-state index in [0.717, 1.165) is 24.8 Å². The SMILES string of the molecule is CC(N)(C#N)CCCCN1CCCC1C1CCCC1. The molecule has 3 nitrogen and oxygen atoms in total. The van der Waals surface area contributed by atoms with E-state index in [1.807, 2.05) is 6.92 Å². The fraction of sp³-hybridized carbons (Fsp3) is 0.938. The first-order chi connectivity index (χ1) is 9.12. The number of hydrogen-bond donors (Lipinski definition) is 1. The summed E-state index contributed by atoms with van der Waals surface area (Å²) in [7, 11) is 0. The van der Waals surface area contributed by atoms with Crippen molar-refractivity contribution in [2.75, 3.05) is 13.1 Å². The van der Waals surface area contributed by atoms with Crippen molar-refractivity contribution in [1.29, 1.82) is 5.26 Å². The maximum Gasteiger partial charge on any atom is 0.101 e. The Morgan fingerprint density at radius 3 is 2.63 bits per heavy atom. The summed E-state index contributed by atoms with van der Waals surface area (Å²) in [5.41, 5.74) is 5.23. The van der Waals surface area contributed by atoms with E-state index < -0.39 is 5.54 Å². The summed E-state index contributed by atoms with van der Waals surface area (Å²) in [5.74, 6) is 0.974. The summed E-state index contributed by atoms with van der Waals surface area (Å²) >= 11 is 0. The number of nitriles is 1. The molecule has 2 fully saturated rings. The highest BCUT2D eigenvalue weighted by molar-refractivity contribution is 5.00. The van der Waals surface area contributed by atoms with E-state index in [1.54, 1.807) is 0 Å². The molecule has 1 aliphatic heterocycles. The minimum absolute atomic E-state index is 0.629. The van der Waals surface area contributed by atoms with Crippen LogP contribution < -0.4 is 5.73 Å². The van der Waals surface area contributed by atoms with Gasteiger partial charge in [-0.1, -0.05) is 12.8 Å². The van der Waals surface area contributed by atoms with Gasteiger partial charge in [0.1, 0.15) is 5.54 Å². The second kappa shape index (κ2) is 6.72. The minimum atomic E-state index is -0.629. The van der Waals surface area contributed by atoms with Crippen molar-refractivity contribution in [3.05, 3.63) is 0 Å². The average molecular weight is 263 g/mol. The van der Waals surface area contributed by atoms with Crippen molar-refractivity contribution in [2.24, 2.45) is 11.7 Å². The third kappa shape index (κ3) is 4.19. The normalized spacial score (nSPS) is 28.4. The molecule has 1 saturated carbocycles. The van der Waals surface area contributed by atoms with Crippen LogP contribution in [0.5, 0.6) is 0 Å². The number of likely N-dealkylation sites (tertiary alicyclic amines) is 1. The monoisotopic (exact) mass is 263 g/mol. The summed E-state index contributed by atoms with van der Waals surface area (Å²) in [6.45, 7) is 4.34. The van der Waals surface area contributed by atoms with Crippen molar-refractivity contribution in [3.63, 3.8) is 0 Å². The molecule has 0 spiro atoms. The lowest BCUT2D eigenvalue weighted by Gasteiger charge is -2.29. The number of rotatable bonds is 6. The second-order valence-corrected chi connectivity index (χ2v) is 6.78. The van der Waals surface area contributed by atoms with Crippen molar-refractivity contribution >= 4 is 0 Å². The summed E-state index contributed by atoms with van der Waals surface area (Å²) in [6.07, 6.45) is 11.7. The number of hydrogen-bond acceptors (Lipinski definition) is 3. The predicted molar refractivity (Wildman–Crippen MR) is 78.6 cm³/mol. The highest BCUT2D eigenvalue weighted by Gasteiger charge is 2.32. The summed E-state index contributed by atoms with van der Waals surface area (Å²) in [6, 6.07) is 3.05. The van der Waals surface area contributed by atoms with Crippen LogP contribution >= 0.6 is 0 Å². The molecule has 1 saturated heterocycles. The maximum atomic E-state index is 8.91. The molecule has 0 aromatic heterocycles. The Labute approximate surface area is 118 Å². The molecule has 2 aliphatic rings. The fourth-order valence-electron chi connectivity index (χ4n) is 3.87. The van der Waals surface area contributed by atoms with Crippen LogP contribution in [-0.2, 0) is 0 Å². The summed E-state index contributed by atoms with van der Waals surface area (Å²) in [4.78, 5) is 2.72. The molecule has 0 radical (unpaired) electrons. The molecule has 2 N–H and O–H groups in total. The van der Waals surface area contributed by atoms with E-state index in [1.165, 1.54) is 58.0 Å². The van der Waals surface area contributed by atoms with E-state index in [2.05, 4.69) is 11.0 Å². The number of nitrogens with two attached hydrogens (primary N) is 1. The molecule has 0 aromatic carbocycles. The van der Waals surface area contributed by atoms with Crippen molar-refractivity contribution in [3.8, 4) is 6.07 Å². The van der Waals surface area contributed by atoms with Crippen LogP contribution in [0.1, 0.15) is 64.7 Å². The Morgan fingerprint density at radius 1 is 1.21 bits per heavy atom. The van der Waals surface area contributed by atoms with Gasteiger partial charge in [-0.3, -0.25) is 0 Å². The van der Waals surface area contributed by atoms with E-state index in [9.17, 15) is 0 Å². The van der Waals surface area contributed by atoms with E-state index in [4.69, 9.17) is 11.0 Å². The first-order valence-corrected chi connectivity index (χ1v) is 8.06. The Kier molecular flexibility index (Phi) is 5.24. The van der Waals surface area contributed by atoms with E-state index in [0.29, 0.717) is 0 Å². The van der Waals surface area contributed by atoms with Crippen molar-refractivity contribution in [1.82, 2.24) is 4.90 Å². The zero-order valence-electron chi connectivity index (χ0n) is 12.4. The third-order valence-corrected chi connectivity index (χ3v) is 5.01. The van der Waals surface area contributed by atoms with Gasteiger partial charge >= 0.3 is 0 Å². The fourth-order valence-corrected chi connectivity index (χ4v) is 3.87. The maximum absolute atomic E-state index is 8.91. The predicted octanol–water partition coefficient (Wildman–Crippen LogP) is 3.05. The second-order valence-electron chi connectivity index (χ2n) is 6.78. The summed E-state index contributed by atoms with van der Waals surface area (Å²) in [5, 5.41) is 8.91. The zero-order chi connectivity index (χ0) is 13.7. The minimum Gasteiger partial charge on any atom is -0.314 e. The van der Waals surface area contributed by atoms with Gasteiger partial charge in [0.15, 0.2) is 0 Å².